The number of ketones is 2. The molecular formula is C39H57N5O8. The number of rotatable bonds is 28. The number of amides is 4. The summed E-state index contributed by atoms with van der Waals surface area (Å²) < 4.78 is 10.0. The average Bonchev–Trinajstić information content (AvgIpc) is 3.15. The maximum Gasteiger partial charge on any atom is 0.237 e. The second kappa shape index (κ2) is 26.3. The highest BCUT2D eigenvalue weighted by molar-refractivity contribution is 5.94. The molecule has 0 aliphatic carbocycles. The van der Waals surface area contributed by atoms with Crippen LogP contribution in [0.25, 0.3) is 0 Å². The molecule has 0 aromatic heterocycles. The smallest absolute Gasteiger partial charge is 0.237 e. The fourth-order valence-corrected chi connectivity index (χ4v) is 5.35. The Bertz CT molecular complexity index is 1380. The molecule has 0 bridgehead atoms. The predicted octanol–water partition coefficient (Wildman–Crippen LogP) is 2.33. The highest BCUT2D eigenvalue weighted by Crippen LogP contribution is 2.10. The fourth-order valence-electron chi connectivity index (χ4n) is 5.35. The summed E-state index contributed by atoms with van der Waals surface area (Å²) in [7, 11) is 3.24. The van der Waals surface area contributed by atoms with Crippen LogP contribution in [0.2, 0.25) is 0 Å². The summed E-state index contributed by atoms with van der Waals surface area (Å²) in [5, 5.41) is 11.1. The Morgan fingerprint density at radius 2 is 1.02 bits per heavy atom. The van der Waals surface area contributed by atoms with Crippen LogP contribution in [0.1, 0.15) is 75.3 Å². The Balaban J connectivity index is 1.94. The Labute approximate surface area is 307 Å². The van der Waals surface area contributed by atoms with Crippen molar-refractivity contribution in [3.8, 4) is 0 Å². The van der Waals surface area contributed by atoms with Gasteiger partial charge >= 0.3 is 0 Å². The molecule has 3 atom stereocenters. The molecule has 2 rings (SSSR count). The molecule has 0 aliphatic rings. The van der Waals surface area contributed by atoms with Crippen LogP contribution >= 0.6 is 0 Å². The van der Waals surface area contributed by atoms with Gasteiger partial charge in [-0.2, -0.15) is 0 Å². The molecule has 13 nitrogen and oxygen atoms in total. The van der Waals surface area contributed by atoms with Crippen molar-refractivity contribution in [2.75, 3.05) is 40.5 Å². The van der Waals surface area contributed by atoms with Gasteiger partial charge in [0.1, 0.15) is 0 Å². The first-order valence-corrected chi connectivity index (χ1v) is 18.1. The largest absolute Gasteiger partial charge is 0.385 e. The van der Waals surface area contributed by atoms with Gasteiger partial charge in [0.05, 0.1) is 18.1 Å². The quantitative estimate of drug-likeness (QED) is 0.0820. The molecule has 0 aliphatic heterocycles. The van der Waals surface area contributed by atoms with E-state index in [1.807, 2.05) is 60.7 Å². The van der Waals surface area contributed by atoms with Crippen LogP contribution in [-0.4, -0.2) is 93.8 Å². The highest BCUT2D eigenvalue weighted by atomic mass is 16.5. The molecule has 0 spiro atoms. The maximum absolute atomic E-state index is 13.2. The van der Waals surface area contributed by atoms with Crippen molar-refractivity contribution in [3.63, 3.8) is 0 Å². The van der Waals surface area contributed by atoms with Crippen LogP contribution in [0.4, 0.5) is 0 Å². The summed E-state index contributed by atoms with van der Waals surface area (Å²) in [5.74, 6) is -2.15. The van der Waals surface area contributed by atoms with Gasteiger partial charge in [-0.05, 0) is 56.1 Å². The van der Waals surface area contributed by atoms with Gasteiger partial charge in [-0.25, -0.2) is 0 Å². The van der Waals surface area contributed by atoms with Gasteiger partial charge in [0, 0.05) is 72.6 Å². The number of Topliss-reactive ketones (excluding diaryl/α,β-unsaturated/α-hetero) is 2. The van der Waals surface area contributed by atoms with Crippen LogP contribution in [-0.2, 0) is 51.1 Å². The number of nitrogens with two attached hydrogens (primary N) is 1. The number of unbranched alkanes of at least 4 members (excludes halogenated alkanes) is 2. The van der Waals surface area contributed by atoms with Crippen molar-refractivity contribution in [3.05, 3.63) is 71.8 Å². The third kappa shape index (κ3) is 19.2. The van der Waals surface area contributed by atoms with Crippen LogP contribution < -0.4 is 27.0 Å². The molecule has 2 aromatic carbocycles. The van der Waals surface area contributed by atoms with E-state index in [0.29, 0.717) is 26.3 Å². The van der Waals surface area contributed by atoms with Crippen molar-refractivity contribution in [1.29, 1.82) is 0 Å². The number of methoxy groups -OCH3 is 2. The summed E-state index contributed by atoms with van der Waals surface area (Å²) >= 11 is 0. The molecule has 52 heavy (non-hydrogen) atoms. The summed E-state index contributed by atoms with van der Waals surface area (Å²) in [6, 6.07) is 15.5. The standard InChI is InChI=1S/C39H57N5O8/c1-51-25-11-9-23-41-36(47)21-18-34(45)32(27-29-13-5-3-6-14-29)43-38(49)20-17-31(40)39(50)44-33(28-30-15-7-4-8-16-30)35(46)19-22-37(48)42-24-10-12-26-52-2/h3-8,13-16,31-33H,9-12,17-28,40H2,1-2H3,(H,41,47)(H,42,48)(H,43,49)(H,44,50). The summed E-state index contributed by atoms with van der Waals surface area (Å²) in [5.41, 5.74) is 7.85. The molecule has 0 fully saturated rings. The molecule has 0 saturated carbocycles. The van der Waals surface area contributed by atoms with E-state index in [-0.39, 0.29) is 74.7 Å². The first-order valence-electron chi connectivity index (χ1n) is 18.1. The van der Waals surface area contributed by atoms with Gasteiger partial charge in [-0.3, -0.25) is 28.8 Å². The van der Waals surface area contributed by atoms with Crippen molar-refractivity contribution < 1.29 is 38.2 Å². The summed E-state index contributed by atoms with van der Waals surface area (Å²) in [6.07, 6.45) is 3.30. The van der Waals surface area contributed by atoms with Crippen LogP contribution in [0.3, 0.4) is 0 Å². The number of ether oxygens (including phenoxy) is 2. The topological polar surface area (TPSA) is 195 Å². The molecule has 0 saturated heterocycles. The number of nitrogens with one attached hydrogen (secondary N) is 4. The second-order valence-corrected chi connectivity index (χ2v) is 12.7. The van der Waals surface area contributed by atoms with Gasteiger partial charge in [-0.15, -0.1) is 0 Å². The third-order valence-electron chi connectivity index (χ3n) is 8.41. The Morgan fingerprint density at radius 3 is 1.46 bits per heavy atom. The molecule has 0 heterocycles. The molecule has 6 N–H and O–H groups in total. The van der Waals surface area contributed by atoms with E-state index < -0.39 is 29.9 Å². The number of benzene rings is 2. The van der Waals surface area contributed by atoms with E-state index in [9.17, 15) is 28.8 Å². The molecular weight excluding hydrogens is 666 g/mol. The summed E-state index contributed by atoms with van der Waals surface area (Å²) in [6.45, 7) is 2.19. The third-order valence-corrected chi connectivity index (χ3v) is 8.41. The Hall–Kier alpha value is -4.46. The van der Waals surface area contributed by atoms with Gasteiger partial charge < -0.3 is 36.5 Å². The van der Waals surface area contributed by atoms with E-state index in [0.717, 1.165) is 36.8 Å². The monoisotopic (exact) mass is 723 g/mol. The zero-order chi connectivity index (χ0) is 38.0. The minimum absolute atomic E-state index is 0.00224. The van der Waals surface area contributed by atoms with Crippen LogP contribution in [0, 0.1) is 0 Å². The van der Waals surface area contributed by atoms with Crippen molar-refractivity contribution in [1.82, 2.24) is 21.3 Å². The van der Waals surface area contributed by atoms with E-state index in [2.05, 4.69) is 21.3 Å². The molecule has 4 amide bonds. The molecule has 286 valence electrons. The number of carbonyl (C=O) groups excluding carboxylic acids is 6. The van der Waals surface area contributed by atoms with Gasteiger partial charge in [0.2, 0.25) is 23.6 Å². The van der Waals surface area contributed by atoms with Gasteiger partial charge in [0.25, 0.3) is 0 Å². The zero-order valence-electron chi connectivity index (χ0n) is 30.7. The minimum atomic E-state index is -1.11. The lowest BCUT2D eigenvalue weighted by Crippen LogP contribution is -2.50. The zero-order valence-corrected chi connectivity index (χ0v) is 30.7. The Kier molecular flexibility index (Phi) is 22.1. The van der Waals surface area contributed by atoms with E-state index in [4.69, 9.17) is 15.2 Å². The fraction of sp³-hybridized carbons (Fsp3) is 0.538. The van der Waals surface area contributed by atoms with Gasteiger partial charge in [-0.1, -0.05) is 60.7 Å². The first kappa shape index (κ1) is 43.7. The number of hydrogen-bond acceptors (Lipinski definition) is 9. The summed E-state index contributed by atoms with van der Waals surface area (Å²) in [4.78, 5) is 77.3. The SMILES string of the molecule is COCCCCNC(=O)CCC(=O)C(Cc1ccccc1)NC(=O)CCC(N)C(=O)NC(Cc1ccccc1)C(=O)CCC(=O)NCCCCOC. The lowest BCUT2D eigenvalue weighted by Gasteiger charge is -2.21. The first-order chi connectivity index (χ1) is 25.1. The Morgan fingerprint density at radius 1 is 0.577 bits per heavy atom. The van der Waals surface area contributed by atoms with Crippen molar-refractivity contribution in [2.24, 2.45) is 5.73 Å². The number of hydrogen-bond donors (Lipinski definition) is 5. The van der Waals surface area contributed by atoms with E-state index in [1.165, 1.54) is 0 Å². The normalized spacial score (nSPS) is 12.6. The van der Waals surface area contributed by atoms with E-state index >= 15 is 0 Å². The highest BCUT2D eigenvalue weighted by Gasteiger charge is 2.26. The molecule has 0 radical (unpaired) electrons. The predicted molar refractivity (Wildman–Crippen MR) is 198 cm³/mol. The van der Waals surface area contributed by atoms with Crippen LogP contribution in [0.5, 0.6) is 0 Å². The maximum atomic E-state index is 13.2. The van der Waals surface area contributed by atoms with E-state index in [1.54, 1.807) is 14.2 Å². The molecule has 13 heteroatoms. The second-order valence-electron chi connectivity index (χ2n) is 12.7. The lowest BCUT2D eigenvalue weighted by molar-refractivity contribution is -0.130. The van der Waals surface area contributed by atoms with Gasteiger partial charge in [0.15, 0.2) is 11.6 Å². The molecule has 3 unspecified atom stereocenters. The molecule has 2 aromatic rings. The van der Waals surface area contributed by atoms with Crippen LogP contribution in [0.15, 0.2) is 60.7 Å². The average molecular weight is 724 g/mol. The van der Waals surface area contributed by atoms with Crippen molar-refractivity contribution in [2.45, 2.75) is 95.2 Å². The minimum Gasteiger partial charge on any atom is -0.385 e. The lowest BCUT2D eigenvalue weighted by atomic mass is 9.98. The van der Waals surface area contributed by atoms with Crippen molar-refractivity contribution >= 4 is 35.2 Å². The number of carbonyl (C=O) groups is 6.